The maximum absolute atomic E-state index is 11.6. The minimum absolute atomic E-state index is 0.223. The van der Waals surface area contributed by atoms with Gasteiger partial charge in [-0.2, -0.15) is 0 Å². The van der Waals surface area contributed by atoms with E-state index in [1.54, 1.807) is 30.3 Å². The zero-order valence-electron chi connectivity index (χ0n) is 11.2. The van der Waals surface area contributed by atoms with Crippen LogP contribution in [0.2, 0.25) is 10.0 Å². The number of benzene rings is 2. The fourth-order valence-corrected chi connectivity index (χ4v) is 3.09. The molecule has 21 heavy (non-hydrogen) atoms. The topological polar surface area (TPSA) is 58.2 Å². The van der Waals surface area contributed by atoms with Crippen LogP contribution in [-0.4, -0.2) is 15.5 Å². The number of rotatable bonds is 5. The summed E-state index contributed by atoms with van der Waals surface area (Å²) in [6.45, 7) is 0.540. The molecule has 0 aromatic heterocycles. The number of sulfonamides is 1. The Morgan fingerprint density at radius 3 is 2.10 bits per heavy atom. The van der Waals surface area contributed by atoms with Gasteiger partial charge < -0.3 is 5.32 Å². The van der Waals surface area contributed by atoms with E-state index in [1.165, 1.54) is 7.05 Å². The highest BCUT2D eigenvalue weighted by molar-refractivity contribution is 7.89. The number of halogens is 2. The normalized spacial score (nSPS) is 11.4. The number of nitrogens with one attached hydrogen (secondary N) is 2. The second-order valence-corrected chi connectivity index (χ2v) is 7.12. The number of hydrogen-bond acceptors (Lipinski definition) is 3. The van der Waals surface area contributed by atoms with Gasteiger partial charge in [0.25, 0.3) is 0 Å². The van der Waals surface area contributed by atoms with Crippen molar-refractivity contribution >= 4 is 38.9 Å². The summed E-state index contributed by atoms with van der Waals surface area (Å²) in [6, 6.07) is 11.8. The van der Waals surface area contributed by atoms with Crippen molar-refractivity contribution in [3.8, 4) is 0 Å². The van der Waals surface area contributed by atoms with Crippen LogP contribution < -0.4 is 10.0 Å². The molecular formula is C14H14Cl2N2O2S. The van der Waals surface area contributed by atoms with Gasteiger partial charge in [0.15, 0.2) is 0 Å². The van der Waals surface area contributed by atoms with Crippen molar-refractivity contribution in [2.45, 2.75) is 11.4 Å². The summed E-state index contributed by atoms with van der Waals surface area (Å²) in [6.07, 6.45) is 0. The van der Waals surface area contributed by atoms with E-state index in [9.17, 15) is 8.42 Å². The lowest BCUT2D eigenvalue weighted by Gasteiger charge is -2.09. The molecule has 0 atom stereocenters. The van der Waals surface area contributed by atoms with Crippen LogP contribution in [0.4, 0.5) is 5.69 Å². The molecule has 7 heteroatoms. The highest BCUT2D eigenvalue weighted by atomic mass is 35.5. The second kappa shape index (κ2) is 6.66. The van der Waals surface area contributed by atoms with Crippen LogP contribution in [0.3, 0.4) is 0 Å². The third-order valence-corrected chi connectivity index (χ3v) is 4.72. The van der Waals surface area contributed by atoms with E-state index in [0.717, 1.165) is 11.3 Å². The molecule has 0 aliphatic carbocycles. The molecule has 0 unspecified atom stereocenters. The molecule has 0 saturated heterocycles. The van der Waals surface area contributed by atoms with Crippen molar-refractivity contribution < 1.29 is 8.42 Å². The maximum atomic E-state index is 11.6. The van der Waals surface area contributed by atoms with Crippen LogP contribution in [0.1, 0.15) is 5.56 Å². The average molecular weight is 345 g/mol. The number of anilines is 1. The lowest BCUT2D eigenvalue weighted by molar-refractivity contribution is 0.588. The first kappa shape index (κ1) is 16.1. The molecule has 0 heterocycles. The lowest BCUT2D eigenvalue weighted by Crippen LogP contribution is -2.18. The van der Waals surface area contributed by atoms with Gasteiger partial charge in [0.1, 0.15) is 0 Å². The van der Waals surface area contributed by atoms with Gasteiger partial charge in [-0.25, -0.2) is 13.1 Å². The summed E-state index contributed by atoms with van der Waals surface area (Å²) in [5.74, 6) is 0. The van der Waals surface area contributed by atoms with Crippen LogP contribution >= 0.6 is 23.2 Å². The molecule has 0 bridgehead atoms. The first-order valence-electron chi connectivity index (χ1n) is 6.13. The molecule has 0 spiro atoms. The van der Waals surface area contributed by atoms with Crippen LogP contribution in [0.15, 0.2) is 47.4 Å². The number of hydrogen-bond donors (Lipinski definition) is 2. The van der Waals surface area contributed by atoms with Crippen molar-refractivity contribution in [2.24, 2.45) is 0 Å². The van der Waals surface area contributed by atoms with Crippen molar-refractivity contribution in [2.75, 3.05) is 12.4 Å². The predicted octanol–water partition coefficient (Wildman–Crippen LogP) is 3.51. The fraction of sp³-hybridized carbons (Fsp3) is 0.143. The Bertz CT molecular complexity index is 711. The van der Waals surface area contributed by atoms with Gasteiger partial charge in [0.05, 0.1) is 4.90 Å². The summed E-state index contributed by atoms with van der Waals surface area (Å²) in [4.78, 5) is 0.223. The van der Waals surface area contributed by atoms with Crippen LogP contribution in [-0.2, 0) is 16.6 Å². The Hall–Kier alpha value is -1.27. The lowest BCUT2D eigenvalue weighted by atomic mass is 10.2. The van der Waals surface area contributed by atoms with E-state index in [0.29, 0.717) is 16.6 Å². The van der Waals surface area contributed by atoms with Gasteiger partial charge in [-0.15, -0.1) is 0 Å². The Labute approximate surface area is 134 Å². The van der Waals surface area contributed by atoms with Gasteiger partial charge in [0, 0.05) is 22.3 Å². The summed E-state index contributed by atoms with van der Waals surface area (Å²) in [5.41, 5.74) is 1.75. The van der Waals surface area contributed by atoms with Gasteiger partial charge in [0.2, 0.25) is 10.0 Å². The molecule has 4 nitrogen and oxygen atoms in total. The van der Waals surface area contributed by atoms with E-state index in [-0.39, 0.29) is 4.90 Å². The first-order valence-corrected chi connectivity index (χ1v) is 8.37. The van der Waals surface area contributed by atoms with Crippen LogP contribution in [0.25, 0.3) is 0 Å². The molecular weight excluding hydrogens is 331 g/mol. The summed E-state index contributed by atoms with van der Waals surface area (Å²) in [5, 5.41) is 4.34. The second-order valence-electron chi connectivity index (χ2n) is 4.36. The quantitative estimate of drug-likeness (QED) is 0.872. The standard InChI is InChI=1S/C14H14Cl2N2O2S/c1-17-21(19,20)14-4-2-13(3-5-14)18-9-10-6-11(15)8-12(16)7-10/h2-8,17-18H,9H2,1H3. The Balaban J connectivity index is 2.07. The highest BCUT2D eigenvalue weighted by Crippen LogP contribution is 2.20. The van der Waals surface area contributed by atoms with Crippen molar-refractivity contribution in [1.29, 1.82) is 0 Å². The Morgan fingerprint density at radius 2 is 1.57 bits per heavy atom. The van der Waals surface area contributed by atoms with Crippen molar-refractivity contribution in [3.63, 3.8) is 0 Å². The third kappa shape index (κ3) is 4.35. The molecule has 0 amide bonds. The van der Waals surface area contributed by atoms with Crippen molar-refractivity contribution in [1.82, 2.24) is 4.72 Å². The smallest absolute Gasteiger partial charge is 0.240 e. The average Bonchev–Trinajstić information content (AvgIpc) is 2.44. The largest absolute Gasteiger partial charge is 0.381 e. The predicted molar refractivity (Wildman–Crippen MR) is 86.5 cm³/mol. The SMILES string of the molecule is CNS(=O)(=O)c1ccc(NCc2cc(Cl)cc(Cl)c2)cc1. The summed E-state index contributed by atoms with van der Waals surface area (Å²) >= 11 is 11.9. The highest BCUT2D eigenvalue weighted by Gasteiger charge is 2.10. The molecule has 2 N–H and O–H groups in total. The van der Waals surface area contributed by atoms with E-state index in [4.69, 9.17) is 23.2 Å². The van der Waals surface area contributed by atoms with Gasteiger partial charge in [-0.05, 0) is 55.1 Å². The first-order chi connectivity index (χ1) is 9.90. The molecule has 0 fully saturated rings. The van der Waals surface area contributed by atoms with Crippen LogP contribution in [0.5, 0.6) is 0 Å². The minimum Gasteiger partial charge on any atom is -0.381 e. The van der Waals surface area contributed by atoms with Crippen molar-refractivity contribution in [3.05, 3.63) is 58.1 Å². The monoisotopic (exact) mass is 344 g/mol. The minimum atomic E-state index is -3.41. The Kier molecular flexibility index (Phi) is 5.11. The summed E-state index contributed by atoms with van der Waals surface area (Å²) < 4.78 is 25.5. The molecule has 0 radical (unpaired) electrons. The molecule has 0 aliphatic rings. The molecule has 2 aromatic rings. The summed E-state index contributed by atoms with van der Waals surface area (Å²) in [7, 11) is -2.03. The van der Waals surface area contributed by atoms with E-state index >= 15 is 0 Å². The molecule has 0 saturated carbocycles. The molecule has 2 aromatic carbocycles. The molecule has 112 valence electrons. The van der Waals surface area contributed by atoms with E-state index < -0.39 is 10.0 Å². The molecule has 2 rings (SSSR count). The van der Waals surface area contributed by atoms with Crippen LogP contribution in [0, 0.1) is 0 Å². The van der Waals surface area contributed by atoms with Gasteiger partial charge >= 0.3 is 0 Å². The maximum Gasteiger partial charge on any atom is 0.240 e. The van der Waals surface area contributed by atoms with Gasteiger partial charge in [-0.1, -0.05) is 23.2 Å². The molecule has 0 aliphatic heterocycles. The van der Waals surface area contributed by atoms with Gasteiger partial charge in [-0.3, -0.25) is 0 Å². The fourth-order valence-electron chi connectivity index (χ4n) is 1.79. The van der Waals surface area contributed by atoms with E-state index in [1.807, 2.05) is 12.1 Å². The van der Waals surface area contributed by atoms with E-state index in [2.05, 4.69) is 10.0 Å². The Morgan fingerprint density at radius 1 is 1.00 bits per heavy atom. The zero-order chi connectivity index (χ0) is 15.5. The third-order valence-electron chi connectivity index (χ3n) is 2.85. The zero-order valence-corrected chi connectivity index (χ0v) is 13.6.